The van der Waals surface area contributed by atoms with Crippen LogP contribution in [0.15, 0.2) is 36.5 Å². The molecule has 1 heterocycles. The molecule has 0 spiro atoms. The van der Waals surface area contributed by atoms with Crippen molar-refractivity contribution in [3.8, 4) is 0 Å². The lowest BCUT2D eigenvalue weighted by Crippen LogP contribution is -2.23. The standard InChI is InChI=1S/C12H13NO2/c14-12(15)7-9-13-8-3-5-10-4-1-2-6-11(10)13/h1-2,4,6-7,9H,3,5,8H2,(H,14,15). The van der Waals surface area contributed by atoms with Crippen LogP contribution >= 0.6 is 0 Å². The van der Waals surface area contributed by atoms with Crippen molar-refractivity contribution in [2.75, 3.05) is 11.4 Å². The lowest BCUT2D eigenvalue weighted by Gasteiger charge is -2.27. The monoisotopic (exact) mass is 203 g/mol. The van der Waals surface area contributed by atoms with Gasteiger partial charge in [0.05, 0.1) is 0 Å². The molecule has 1 aliphatic heterocycles. The predicted molar refractivity (Wildman–Crippen MR) is 58.9 cm³/mol. The van der Waals surface area contributed by atoms with Crippen molar-refractivity contribution < 1.29 is 9.90 Å². The van der Waals surface area contributed by atoms with E-state index < -0.39 is 5.97 Å². The molecule has 0 unspecified atom stereocenters. The van der Waals surface area contributed by atoms with Gasteiger partial charge in [-0.1, -0.05) is 18.2 Å². The van der Waals surface area contributed by atoms with Crippen LogP contribution in [-0.2, 0) is 11.2 Å². The normalized spacial score (nSPS) is 15.3. The largest absolute Gasteiger partial charge is 0.478 e. The number of carbonyl (C=O) groups is 1. The van der Waals surface area contributed by atoms with Gasteiger partial charge in [-0.2, -0.15) is 0 Å². The first kappa shape index (κ1) is 9.77. The number of aryl methyl sites for hydroxylation is 1. The summed E-state index contributed by atoms with van der Waals surface area (Å²) >= 11 is 0. The van der Waals surface area contributed by atoms with Gasteiger partial charge in [-0.15, -0.1) is 0 Å². The quantitative estimate of drug-likeness (QED) is 0.748. The Morgan fingerprint density at radius 2 is 2.20 bits per heavy atom. The number of fused-ring (bicyclic) bond motifs is 1. The molecule has 0 atom stereocenters. The minimum atomic E-state index is -0.905. The lowest BCUT2D eigenvalue weighted by atomic mass is 10.0. The summed E-state index contributed by atoms with van der Waals surface area (Å²) in [5.74, 6) is -0.905. The maximum Gasteiger partial charge on any atom is 0.329 e. The summed E-state index contributed by atoms with van der Waals surface area (Å²) in [5.41, 5.74) is 2.42. The van der Waals surface area contributed by atoms with Gasteiger partial charge >= 0.3 is 5.97 Å². The molecule has 0 aromatic heterocycles. The van der Waals surface area contributed by atoms with Gasteiger partial charge in [0, 0.05) is 24.5 Å². The zero-order valence-electron chi connectivity index (χ0n) is 8.39. The Hall–Kier alpha value is -1.77. The van der Waals surface area contributed by atoms with Crippen LogP contribution in [0.25, 0.3) is 0 Å². The fourth-order valence-electron chi connectivity index (χ4n) is 1.87. The van der Waals surface area contributed by atoms with Crippen LogP contribution < -0.4 is 4.90 Å². The Kier molecular flexibility index (Phi) is 2.72. The number of hydrogen-bond donors (Lipinski definition) is 1. The van der Waals surface area contributed by atoms with E-state index in [1.165, 1.54) is 11.6 Å². The smallest absolute Gasteiger partial charge is 0.329 e. The molecule has 0 fully saturated rings. The second-order valence-electron chi connectivity index (χ2n) is 3.58. The molecule has 0 bridgehead atoms. The molecule has 2 rings (SSSR count). The molecule has 0 radical (unpaired) electrons. The SMILES string of the molecule is O=C(O)C=CN1CCCc2ccccc21. The van der Waals surface area contributed by atoms with Crippen molar-refractivity contribution in [3.05, 3.63) is 42.1 Å². The number of carboxylic acids is 1. The van der Waals surface area contributed by atoms with E-state index in [1.807, 2.05) is 23.1 Å². The van der Waals surface area contributed by atoms with E-state index in [0.717, 1.165) is 25.1 Å². The summed E-state index contributed by atoms with van der Waals surface area (Å²) in [6.07, 6.45) is 4.97. The summed E-state index contributed by atoms with van der Waals surface area (Å²) in [4.78, 5) is 12.4. The van der Waals surface area contributed by atoms with Gasteiger partial charge in [-0.3, -0.25) is 0 Å². The van der Waals surface area contributed by atoms with Crippen molar-refractivity contribution in [1.29, 1.82) is 0 Å². The van der Waals surface area contributed by atoms with Gasteiger partial charge in [0.1, 0.15) is 0 Å². The summed E-state index contributed by atoms with van der Waals surface area (Å²) in [5, 5.41) is 8.58. The van der Waals surface area contributed by atoms with Crippen molar-refractivity contribution in [1.82, 2.24) is 0 Å². The molecular formula is C12H13NO2. The Labute approximate surface area is 88.6 Å². The zero-order chi connectivity index (χ0) is 10.7. The summed E-state index contributed by atoms with van der Waals surface area (Å²) in [6.45, 7) is 0.890. The molecule has 1 aromatic carbocycles. The summed E-state index contributed by atoms with van der Waals surface area (Å²) in [7, 11) is 0. The molecule has 1 N–H and O–H groups in total. The number of anilines is 1. The van der Waals surface area contributed by atoms with Gasteiger partial charge in [0.2, 0.25) is 0 Å². The van der Waals surface area contributed by atoms with E-state index in [0.29, 0.717) is 0 Å². The highest BCUT2D eigenvalue weighted by atomic mass is 16.4. The van der Waals surface area contributed by atoms with E-state index in [1.54, 1.807) is 6.20 Å². The average molecular weight is 203 g/mol. The third-order valence-corrected chi connectivity index (χ3v) is 2.54. The molecule has 1 aromatic rings. The van der Waals surface area contributed by atoms with Crippen molar-refractivity contribution in [2.24, 2.45) is 0 Å². The molecule has 78 valence electrons. The van der Waals surface area contributed by atoms with Gasteiger partial charge in [-0.05, 0) is 24.5 Å². The Morgan fingerprint density at radius 3 is 3.00 bits per heavy atom. The van der Waals surface area contributed by atoms with Crippen LogP contribution in [0.2, 0.25) is 0 Å². The van der Waals surface area contributed by atoms with Crippen molar-refractivity contribution in [3.63, 3.8) is 0 Å². The fraction of sp³-hybridized carbons (Fsp3) is 0.250. The second-order valence-corrected chi connectivity index (χ2v) is 3.58. The molecule has 1 aliphatic rings. The number of benzene rings is 1. The van der Waals surface area contributed by atoms with Crippen LogP contribution in [0.5, 0.6) is 0 Å². The molecule has 0 amide bonds. The lowest BCUT2D eigenvalue weighted by molar-refractivity contribution is -0.131. The molecule has 3 heteroatoms. The highest BCUT2D eigenvalue weighted by Gasteiger charge is 2.13. The predicted octanol–water partition coefficient (Wildman–Crippen LogP) is 2.04. The third kappa shape index (κ3) is 2.18. The number of nitrogens with zero attached hydrogens (tertiary/aromatic N) is 1. The topological polar surface area (TPSA) is 40.5 Å². The van der Waals surface area contributed by atoms with E-state index in [2.05, 4.69) is 6.07 Å². The van der Waals surface area contributed by atoms with Gasteiger partial charge < -0.3 is 10.0 Å². The number of carboxylic acid groups (broad SMARTS) is 1. The van der Waals surface area contributed by atoms with Gasteiger partial charge in [0.25, 0.3) is 0 Å². The van der Waals surface area contributed by atoms with Crippen LogP contribution in [0.4, 0.5) is 5.69 Å². The van der Waals surface area contributed by atoms with E-state index in [-0.39, 0.29) is 0 Å². The van der Waals surface area contributed by atoms with Crippen molar-refractivity contribution >= 4 is 11.7 Å². The van der Waals surface area contributed by atoms with Crippen LogP contribution in [0.1, 0.15) is 12.0 Å². The molecule has 0 saturated carbocycles. The highest BCUT2D eigenvalue weighted by Crippen LogP contribution is 2.26. The zero-order valence-corrected chi connectivity index (χ0v) is 8.39. The maximum absolute atomic E-state index is 10.4. The van der Waals surface area contributed by atoms with E-state index in [4.69, 9.17) is 5.11 Å². The third-order valence-electron chi connectivity index (χ3n) is 2.54. The summed E-state index contributed by atoms with van der Waals surface area (Å²) in [6, 6.07) is 8.12. The minimum Gasteiger partial charge on any atom is -0.478 e. The maximum atomic E-state index is 10.4. The molecule has 15 heavy (non-hydrogen) atoms. The van der Waals surface area contributed by atoms with Crippen LogP contribution in [0.3, 0.4) is 0 Å². The first-order chi connectivity index (χ1) is 7.27. The Bertz CT molecular complexity index is 398. The Morgan fingerprint density at radius 1 is 1.40 bits per heavy atom. The van der Waals surface area contributed by atoms with Gasteiger partial charge in [-0.25, -0.2) is 4.79 Å². The van der Waals surface area contributed by atoms with E-state index >= 15 is 0 Å². The van der Waals surface area contributed by atoms with Crippen LogP contribution in [0, 0.1) is 0 Å². The van der Waals surface area contributed by atoms with Crippen LogP contribution in [-0.4, -0.2) is 17.6 Å². The second kappa shape index (κ2) is 4.17. The van der Waals surface area contributed by atoms with Crippen molar-refractivity contribution in [2.45, 2.75) is 12.8 Å². The van der Waals surface area contributed by atoms with Gasteiger partial charge in [0.15, 0.2) is 0 Å². The minimum absolute atomic E-state index is 0.890. The molecular weight excluding hydrogens is 190 g/mol. The molecule has 0 aliphatic carbocycles. The number of hydrogen-bond acceptors (Lipinski definition) is 2. The molecule has 0 saturated heterocycles. The van der Waals surface area contributed by atoms with E-state index in [9.17, 15) is 4.79 Å². The number of rotatable bonds is 2. The average Bonchev–Trinajstić information content (AvgIpc) is 2.26. The fourth-order valence-corrected chi connectivity index (χ4v) is 1.87. The number of aliphatic carboxylic acids is 1. The Balaban J connectivity index is 2.26. The highest BCUT2D eigenvalue weighted by molar-refractivity contribution is 5.80. The first-order valence-electron chi connectivity index (χ1n) is 5.03. The molecule has 3 nitrogen and oxygen atoms in total. The number of para-hydroxylation sites is 1. The first-order valence-corrected chi connectivity index (χ1v) is 5.03. The summed E-state index contributed by atoms with van der Waals surface area (Å²) < 4.78 is 0.